The third-order valence-corrected chi connectivity index (χ3v) is 10.1. The topological polar surface area (TPSA) is 185 Å². The summed E-state index contributed by atoms with van der Waals surface area (Å²) in [6.07, 6.45) is 8.98. The van der Waals surface area contributed by atoms with Crippen molar-refractivity contribution in [3.8, 4) is 0 Å². The summed E-state index contributed by atoms with van der Waals surface area (Å²) in [5, 5.41) is 27.7. The number of nitrogens with zero attached hydrogens (tertiary/aromatic N) is 2. The average Bonchev–Trinajstić information content (AvgIpc) is 3.06. The molecule has 5 atom stereocenters. The fourth-order valence-corrected chi connectivity index (χ4v) is 7.59. The van der Waals surface area contributed by atoms with E-state index in [1.54, 1.807) is 0 Å². The highest BCUT2D eigenvalue weighted by molar-refractivity contribution is 5.90. The van der Waals surface area contributed by atoms with E-state index in [2.05, 4.69) is 22.9 Å². The maximum absolute atomic E-state index is 13.5. The lowest BCUT2D eigenvalue weighted by Crippen LogP contribution is -2.52. The standard InChI is InChI=1S/C31H49N5O8/c1-19-4-2-3-5-24(19)34-31(44)33-21-8-6-20(7-9-21)16-26(37)32-22-10-11-25-23(17-22)30(43)35(14-12-28(39)40)18-27(38)36(25)15-13-29(41)42/h19-25H,2-18H2,1H3,(H,32,37)(H,39,40)(H,41,42)(H2,33,34,44). The molecular formula is C31H49N5O8. The van der Waals surface area contributed by atoms with Crippen LogP contribution >= 0.6 is 0 Å². The lowest BCUT2D eigenvalue weighted by molar-refractivity contribution is -0.142. The molecule has 5 amide bonds. The van der Waals surface area contributed by atoms with E-state index in [0.717, 1.165) is 44.9 Å². The molecule has 246 valence electrons. The maximum atomic E-state index is 13.5. The molecule has 0 radical (unpaired) electrons. The predicted octanol–water partition coefficient (Wildman–Crippen LogP) is 2.09. The molecule has 4 rings (SSSR count). The molecule has 44 heavy (non-hydrogen) atoms. The predicted molar refractivity (Wildman–Crippen MR) is 159 cm³/mol. The van der Waals surface area contributed by atoms with Gasteiger partial charge in [-0.05, 0) is 69.6 Å². The molecule has 0 bridgehead atoms. The van der Waals surface area contributed by atoms with Crippen LogP contribution in [-0.2, 0) is 24.0 Å². The lowest BCUT2D eigenvalue weighted by atomic mass is 9.79. The van der Waals surface area contributed by atoms with E-state index in [0.29, 0.717) is 31.6 Å². The molecule has 1 aliphatic heterocycles. The number of fused-ring (bicyclic) bond motifs is 1. The van der Waals surface area contributed by atoms with E-state index in [1.165, 1.54) is 16.2 Å². The van der Waals surface area contributed by atoms with Gasteiger partial charge in [0.05, 0.1) is 25.3 Å². The van der Waals surface area contributed by atoms with E-state index < -0.39 is 23.9 Å². The quantitative estimate of drug-likeness (QED) is 0.233. The van der Waals surface area contributed by atoms with Crippen molar-refractivity contribution in [1.82, 2.24) is 25.8 Å². The second-order valence-electron chi connectivity index (χ2n) is 13.3. The van der Waals surface area contributed by atoms with Crippen LogP contribution in [0, 0.1) is 17.8 Å². The van der Waals surface area contributed by atoms with E-state index >= 15 is 0 Å². The van der Waals surface area contributed by atoms with Gasteiger partial charge in [-0.25, -0.2) is 4.79 Å². The van der Waals surface area contributed by atoms with Crippen LogP contribution in [0.2, 0.25) is 0 Å². The molecule has 5 N–H and O–H groups in total. The number of carboxylic acid groups (broad SMARTS) is 2. The zero-order chi connectivity index (χ0) is 31.8. The minimum atomic E-state index is -1.08. The van der Waals surface area contributed by atoms with Gasteiger partial charge in [0.25, 0.3) is 0 Å². The summed E-state index contributed by atoms with van der Waals surface area (Å²) in [4.78, 5) is 77.3. The van der Waals surface area contributed by atoms with Crippen LogP contribution in [0.1, 0.15) is 96.8 Å². The number of carbonyl (C=O) groups is 6. The minimum absolute atomic E-state index is 0.0225. The molecule has 13 nitrogen and oxygen atoms in total. The first-order valence-corrected chi connectivity index (χ1v) is 16.4. The van der Waals surface area contributed by atoms with Crippen molar-refractivity contribution in [2.24, 2.45) is 17.8 Å². The summed E-state index contributed by atoms with van der Waals surface area (Å²) in [6.45, 7) is 1.78. The average molecular weight is 620 g/mol. The Kier molecular flexibility index (Phi) is 11.9. The smallest absolute Gasteiger partial charge is 0.315 e. The number of aliphatic carboxylic acids is 2. The molecule has 3 aliphatic carbocycles. The molecule has 0 aromatic rings. The Balaban J connectivity index is 1.26. The number of carboxylic acids is 2. The first kappa shape index (κ1) is 33.5. The van der Waals surface area contributed by atoms with Gasteiger partial charge in [-0.15, -0.1) is 0 Å². The molecular weight excluding hydrogens is 570 g/mol. The number of amides is 5. The highest BCUT2D eigenvalue weighted by Gasteiger charge is 2.45. The summed E-state index contributed by atoms with van der Waals surface area (Å²) in [5.41, 5.74) is 0. The maximum Gasteiger partial charge on any atom is 0.315 e. The number of hydrogen-bond acceptors (Lipinski definition) is 6. The van der Waals surface area contributed by atoms with Crippen LogP contribution in [0.3, 0.4) is 0 Å². The molecule has 0 spiro atoms. The van der Waals surface area contributed by atoms with E-state index in [9.17, 15) is 33.9 Å². The molecule has 13 heteroatoms. The van der Waals surface area contributed by atoms with Crippen molar-refractivity contribution in [2.75, 3.05) is 19.6 Å². The molecule has 5 unspecified atom stereocenters. The van der Waals surface area contributed by atoms with Crippen LogP contribution in [-0.4, -0.2) is 99.5 Å². The number of nitrogens with one attached hydrogen (secondary N) is 3. The summed E-state index contributed by atoms with van der Waals surface area (Å²) in [7, 11) is 0. The summed E-state index contributed by atoms with van der Waals surface area (Å²) in [5.74, 6) is -2.86. The normalized spacial score (nSPS) is 31.0. The lowest BCUT2D eigenvalue weighted by Gasteiger charge is -2.40. The van der Waals surface area contributed by atoms with E-state index in [4.69, 9.17) is 5.11 Å². The summed E-state index contributed by atoms with van der Waals surface area (Å²) < 4.78 is 0. The molecule has 3 saturated carbocycles. The van der Waals surface area contributed by atoms with Crippen molar-refractivity contribution >= 4 is 35.7 Å². The second kappa shape index (κ2) is 15.6. The molecule has 4 aliphatic rings. The Morgan fingerprint density at radius 2 is 1.45 bits per heavy atom. The van der Waals surface area contributed by atoms with Crippen molar-refractivity contribution in [3.05, 3.63) is 0 Å². The zero-order valence-corrected chi connectivity index (χ0v) is 25.8. The monoisotopic (exact) mass is 619 g/mol. The van der Waals surface area contributed by atoms with Gasteiger partial charge in [-0.1, -0.05) is 19.8 Å². The van der Waals surface area contributed by atoms with Gasteiger partial charge in [-0.3, -0.25) is 24.0 Å². The van der Waals surface area contributed by atoms with Gasteiger partial charge < -0.3 is 36.0 Å². The third kappa shape index (κ3) is 9.31. The van der Waals surface area contributed by atoms with Crippen LogP contribution in [0.5, 0.6) is 0 Å². The first-order chi connectivity index (χ1) is 21.0. The number of hydrogen-bond donors (Lipinski definition) is 5. The minimum Gasteiger partial charge on any atom is -0.481 e. The number of carbonyl (C=O) groups excluding carboxylic acids is 4. The Bertz CT molecular complexity index is 1080. The Hall–Kier alpha value is -3.38. The fourth-order valence-electron chi connectivity index (χ4n) is 7.59. The van der Waals surface area contributed by atoms with Crippen molar-refractivity contribution in [1.29, 1.82) is 0 Å². The van der Waals surface area contributed by atoms with Crippen molar-refractivity contribution in [3.63, 3.8) is 0 Å². The van der Waals surface area contributed by atoms with Crippen LogP contribution in [0.25, 0.3) is 0 Å². The molecule has 1 heterocycles. The highest BCUT2D eigenvalue weighted by Crippen LogP contribution is 2.34. The van der Waals surface area contributed by atoms with Gasteiger partial charge in [0, 0.05) is 43.7 Å². The Labute approximate surface area is 258 Å². The molecule has 0 aromatic carbocycles. The van der Waals surface area contributed by atoms with Crippen LogP contribution in [0.4, 0.5) is 4.79 Å². The Morgan fingerprint density at radius 1 is 0.795 bits per heavy atom. The Morgan fingerprint density at radius 3 is 2.14 bits per heavy atom. The molecule has 4 fully saturated rings. The zero-order valence-electron chi connectivity index (χ0n) is 25.8. The van der Waals surface area contributed by atoms with Gasteiger partial charge >= 0.3 is 18.0 Å². The summed E-state index contributed by atoms with van der Waals surface area (Å²) in [6, 6.07) is -0.529. The largest absolute Gasteiger partial charge is 0.481 e. The van der Waals surface area contributed by atoms with Gasteiger partial charge in [-0.2, -0.15) is 0 Å². The number of urea groups is 1. The SMILES string of the molecule is CC1CCCCC1NC(=O)NC1CCC(CC(=O)NC2CCC3C(C2)C(=O)N(CCC(=O)O)CC(=O)N3CCC(=O)O)CC1. The highest BCUT2D eigenvalue weighted by atomic mass is 16.4. The van der Waals surface area contributed by atoms with Crippen molar-refractivity contribution in [2.45, 2.75) is 121 Å². The molecule has 1 saturated heterocycles. The fraction of sp³-hybridized carbons (Fsp3) is 0.806. The van der Waals surface area contributed by atoms with Crippen molar-refractivity contribution < 1.29 is 39.0 Å². The van der Waals surface area contributed by atoms with Crippen LogP contribution in [0.15, 0.2) is 0 Å². The van der Waals surface area contributed by atoms with Crippen LogP contribution < -0.4 is 16.0 Å². The van der Waals surface area contributed by atoms with Gasteiger partial charge in [0.1, 0.15) is 0 Å². The third-order valence-electron chi connectivity index (χ3n) is 10.1. The van der Waals surface area contributed by atoms with Gasteiger partial charge in [0.15, 0.2) is 0 Å². The van der Waals surface area contributed by atoms with Gasteiger partial charge in [0.2, 0.25) is 17.7 Å². The first-order valence-electron chi connectivity index (χ1n) is 16.4. The number of rotatable bonds is 11. The van der Waals surface area contributed by atoms with E-state index in [-0.39, 0.29) is 80.3 Å². The molecule has 0 aromatic heterocycles. The summed E-state index contributed by atoms with van der Waals surface area (Å²) >= 11 is 0. The van der Waals surface area contributed by atoms with E-state index in [1.807, 2.05) is 0 Å². The second-order valence-corrected chi connectivity index (χ2v) is 13.3.